The van der Waals surface area contributed by atoms with Crippen molar-refractivity contribution < 1.29 is 9.59 Å². The Balaban J connectivity index is 1.80. The van der Waals surface area contributed by atoms with E-state index in [1.807, 2.05) is 30.3 Å². The maximum Gasteiger partial charge on any atom is 0.268 e. The molecule has 2 N–H and O–H groups in total. The Hall–Kier alpha value is -2.27. The maximum absolute atomic E-state index is 12.5. The van der Waals surface area contributed by atoms with Crippen LogP contribution in [-0.4, -0.2) is 22.4 Å². The van der Waals surface area contributed by atoms with Crippen molar-refractivity contribution in [3.8, 4) is 0 Å². The smallest absolute Gasteiger partial charge is 0.268 e. The summed E-state index contributed by atoms with van der Waals surface area (Å²) in [5, 5.41) is 6.52. The van der Waals surface area contributed by atoms with Crippen molar-refractivity contribution in [3.05, 3.63) is 58.9 Å². The van der Waals surface area contributed by atoms with Crippen molar-refractivity contribution >= 4 is 23.4 Å². The van der Waals surface area contributed by atoms with Gasteiger partial charge in [0.2, 0.25) is 5.91 Å². The minimum atomic E-state index is -0.225. The number of hydrogen-bond acceptors (Lipinski definition) is 2. The number of carbonyl (C=O) groups is 2. The molecule has 1 fully saturated rings. The number of benzene rings is 1. The summed E-state index contributed by atoms with van der Waals surface area (Å²) in [5.74, 6) is -0.187. The number of carbonyl (C=O) groups excluding carboxylic acids is 2. The van der Waals surface area contributed by atoms with Gasteiger partial charge < -0.3 is 15.2 Å². The van der Waals surface area contributed by atoms with Gasteiger partial charge in [-0.1, -0.05) is 41.9 Å². The van der Waals surface area contributed by atoms with E-state index >= 15 is 0 Å². The minimum Gasteiger partial charge on any atom is -0.347 e. The van der Waals surface area contributed by atoms with E-state index in [0.717, 1.165) is 5.56 Å². The number of nitrogens with one attached hydrogen (secondary N) is 2. The highest BCUT2D eigenvalue weighted by atomic mass is 35.5. The van der Waals surface area contributed by atoms with Crippen LogP contribution < -0.4 is 10.6 Å². The molecule has 6 heteroatoms. The Kier molecular flexibility index (Phi) is 4.39. The molecule has 23 heavy (non-hydrogen) atoms. The maximum atomic E-state index is 12.5. The molecule has 5 nitrogen and oxygen atoms in total. The monoisotopic (exact) mass is 331 g/mol. The lowest BCUT2D eigenvalue weighted by molar-refractivity contribution is -0.123. The van der Waals surface area contributed by atoms with Crippen LogP contribution in [0.25, 0.3) is 0 Å². The predicted molar refractivity (Wildman–Crippen MR) is 88.2 cm³/mol. The van der Waals surface area contributed by atoms with E-state index in [1.165, 1.54) is 0 Å². The van der Waals surface area contributed by atoms with E-state index in [2.05, 4.69) is 10.6 Å². The van der Waals surface area contributed by atoms with Gasteiger partial charge in [-0.2, -0.15) is 0 Å². The highest BCUT2D eigenvalue weighted by Gasteiger charge is 2.31. The van der Waals surface area contributed by atoms with E-state index in [9.17, 15) is 9.59 Å². The number of hydrogen-bond donors (Lipinski definition) is 2. The molecular weight excluding hydrogens is 314 g/mol. The Bertz CT molecular complexity index is 727. The summed E-state index contributed by atoms with van der Waals surface area (Å²) >= 11 is 5.94. The van der Waals surface area contributed by atoms with Crippen molar-refractivity contribution in [2.24, 2.45) is 7.05 Å². The fourth-order valence-corrected chi connectivity index (χ4v) is 3.17. The number of aromatic nitrogens is 1. The lowest BCUT2D eigenvalue weighted by Gasteiger charge is -2.33. The van der Waals surface area contributed by atoms with Gasteiger partial charge in [0.25, 0.3) is 5.91 Å². The van der Waals surface area contributed by atoms with E-state index < -0.39 is 0 Å². The molecule has 2 aromatic rings. The topological polar surface area (TPSA) is 63.1 Å². The third kappa shape index (κ3) is 3.40. The fraction of sp³-hybridized carbons (Fsp3) is 0.294. The van der Waals surface area contributed by atoms with Crippen molar-refractivity contribution in [3.63, 3.8) is 0 Å². The molecule has 2 amide bonds. The molecule has 3 rings (SSSR count). The zero-order valence-electron chi connectivity index (χ0n) is 12.8. The number of halogens is 1. The summed E-state index contributed by atoms with van der Waals surface area (Å²) in [6.07, 6.45) is 2.70. The molecule has 1 saturated heterocycles. The normalized spacial score (nSPS) is 20.9. The molecular formula is C17H18ClN3O2. The molecule has 1 aliphatic heterocycles. The van der Waals surface area contributed by atoms with Gasteiger partial charge in [0.15, 0.2) is 0 Å². The zero-order valence-corrected chi connectivity index (χ0v) is 13.5. The van der Waals surface area contributed by atoms with E-state index in [0.29, 0.717) is 23.6 Å². The first kappa shape index (κ1) is 15.6. The second-order valence-electron chi connectivity index (χ2n) is 5.73. The van der Waals surface area contributed by atoms with Crippen LogP contribution in [0.3, 0.4) is 0 Å². The van der Waals surface area contributed by atoms with E-state index in [-0.39, 0.29) is 23.9 Å². The third-order valence-electron chi connectivity index (χ3n) is 4.08. The van der Waals surface area contributed by atoms with Crippen molar-refractivity contribution in [1.82, 2.24) is 15.2 Å². The third-order valence-corrected chi connectivity index (χ3v) is 4.29. The largest absolute Gasteiger partial charge is 0.347 e. The van der Waals surface area contributed by atoms with Gasteiger partial charge in [0.1, 0.15) is 5.69 Å². The van der Waals surface area contributed by atoms with Gasteiger partial charge in [-0.25, -0.2) is 0 Å². The average Bonchev–Trinajstić information content (AvgIpc) is 2.88. The molecule has 0 spiro atoms. The summed E-state index contributed by atoms with van der Waals surface area (Å²) < 4.78 is 1.69. The van der Waals surface area contributed by atoms with Crippen LogP contribution >= 0.6 is 11.6 Å². The molecule has 2 heterocycles. The highest BCUT2D eigenvalue weighted by molar-refractivity contribution is 6.31. The van der Waals surface area contributed by atoms with E-state index in [4.69, 9.17) is 11.6 Å². The van der Waals surface area contributed by atoms with Gasteiger partial charge in [-0.15, -0.1) is 0 Å². The molecule has 1 aromatic heterocycles. The van der Waals surface area contributed by atoms with Crippen molar-refractivity contribution in [2.45, 2.75) is 24.9 Å². The van der Waals surface area contributed by atoms with Gasteiger partial charge in [0, 0.05) is 19.7 Å². The molecule has 1 aliphatic rings. The minimum absolute atomic E-state index is 0.00580. The van der Waals surface area contributed by atoms with Gasteiger partial charge in [-0.05, 0) is 18.1 Å². The summed E-state index contributed by atoms with van der Waals surface area (Å²) in [6.45, 7) is 0. The summed E-state index contributed by atoms with van der Waals surface area (Å²) in [7, 11) is 1.78. The van der Waals surface area contributed by atoms with Crippen molar-refractivity contribution in [2.75, 3.05) is 0 Å². The summed E-state index contributed by atoms with van der Waals surface area (Å²) in [6, 6.07) is 10.9. The van der Waals surface area contributed by atoms with Crippen molar-refractivity contribution in [1.29, 1.82) is 0 Å². The second-order valence-corrected chi connectivity index (χ2v) is 6.17. The van der Waals surface area contributed by atoms with Crippen LogP contribution in [0.5, 0.6) is 0 Å². The fourth-order valence-electron chi connectivity index (χ4n) is 2.92. The van der Waals surface area contributed by atoms with Gasteiger partial charge >= 0.3 is 0 Å². The quantitative estimate of drug-likeness (QED) is 0.907. The lowest BCUT2D eigenvalue weighted by atomic mass is 9.92. The SMILES string of the molecule is Cn1cc(Cl)cc1C(=O)N[C@@H]1CCC(=O)N[C@H]1c1ccccc1. The molecule has 0 radical (unpaired) electrons. The second kappa shape index (κ2) is 6.46. The molecule has 2 atom stereocenters. The van der Waals surface area contributed by atoms with E-state index in [1.54, 1.807) is 23.9 Å². The molecule has 1 aromatic carbocycles. The van der Waals surface area contributed by atoms with Crippen LogP contribution in [0.2, 0.25) is 5.02 Å². The van der Waals surface area contributed by atoms with Crippen LogP contribution in [0, 0.1) is 0 Å². The van der Waals surface area contributed by atoms with Crippen LogP contribution in [0.15, 0.2) is 42.6 Å². The van der Waals surface area contributed by atoms with Gasteiger partial charge in [0.05, 0.1) is 17.1 Å². The standard InChI is InChI=1S/C17H18ClN3O2/c1-21-10-12(18)9-14(21)17(23)19-13-7-8-15(22)20-16(13)11-5-3-2-4-6-11/h2-6,9-10,13,16H,7-8H2,1H3,(H,19,23)(H,20,22)/t13-,16+/m1/s1. The first-order valence-corrected chi connectivity index (χ1v) is 7.89. The summed E-state index contributed by atoms with van der Waals surface area (Å²) in [4.78, 5) is 24.3. The van der Waals surface area contributed by atoms with Gasteiger partial charge in [-0.3, -0.25) is 9.59 Å². The first-order valence-electron chi connectivity index (χ1n) is 7.51. The lowest BCUT2D eigenvalue weighted by Crippen LogP contribution is -2.50. The predicted octanol–water partition coefficient (Wildman–Crippen LogP) is 2.43. The van der Waals surface area contributed by atoms with Crippen LogP contribution in [-0.2, 0) is 11.8 Å². The molecule has 120 valence electrons. The Labute approximate surface area is 139 Å². The molecule has 0 bridgehead atoms. The number of rotatable bonds is 3. The number of amides is 2. The molecule has 0 aliphatic carbocycles. The first-order chi connectivity index (χ1) is 11.0. The Morgan fingerprint density at radius 2 is 2.09 bits per heavy atom. The Morgan fingerprint density at radius 3 is 2.74 bits per heavy atom. The summed E-state index contributed by atoms with van der Waals surface area (Å²) in [5.41, 5.74) is 1.48. The molecule has 0 unspecified atom stereocenters. The number of nitrogens with zero attached hydrogens (tertiary/aromatic N) is 1. The zero-order chi connectivity index (χ0) is 16.4. The van der Waals surface area contributed by atoms with Crippen LogP contribution in [0.4, 0.5) is 0 Å². The molecule has 0 saturated carbocycles. The highest BCUT2D eigenvalue weighted by Crippen LogP contribution is 2.24. The Morgan fingerprint density at radius 1 is 1.35 bits per heavy atom. The number of piperidine rings is 1. The van der Waals surface area contributed by atoms with Crippen LogP contribution in [0.1, 0.15) is 34.9 Å². The average molecular weight is 332 g/mol. The number of aryl methyl sites for hydroxylation is 1.